The molecular weight excluding hydrogens is 402 g/mol. The summed E-state index contributed by atoms with van der Waals surface area (Å²) in [5, 5.41) is 28.3. The molecule has 0 saturated carbocycles. The van der Waals surface area contributed by atoms with E-state index in [2.05, 4.69) is 10.2 Å². The zero-order valence-electron chi connectivity index (χ0n) is 17.8. The van der Waals surface area contributed by atoms with Crippen LogP contribution in [-0.4, -0.2) is 31.2 Å². The molecule has 6 nitrogen and oxygen atoms in total. The van der Waals surface area contributed by atoms with Gasteiger partial charge in [-0.15, -0.1) is 0 Å². The van der Waals surface area contributed by atoms with E-state index in [1.165, 1.54) is 0 Å². The minimum absolute atomic E-state index is 0.125. The molecule has 3 aromatic carbocycles. The summed E-state index contributed by atoms with van der Waals surface area (Å²) in [6.07, 6.45) is 0. The van der Waals surface area contributed by atoms with Gasteiger partial charge in [-0.05, 0) is 54.3 Å². The van der Waals surface area contributed by atoms with E-state index < -0.39 is 6.04 Å². The van der Waals surface area contributed by atoms with Crippen LogP contribution in [0.25, 0.3) is 11.3 Å². The highest BCUT2D eigenvalue weighted by atomic mass is 16.3. The lowest BCUT2D eigenvalue weighted by molar-refractivity contribution is 0.0730. The van der Waals surface area contributed by atoms with E-state index in [1.807, 2.05) is 56.3 Å². The zero-order chi connectivity index (χ0) is 22.4. The van der Waals surface area contributed by atoms with Gasteiger partial charge in [0.2, 0.25) is 0 Å². The summed E-state index contributed by atoms with van der Waals surface area (Å²) in [5.41, 5.74) is 5.87. The topological polar surface area (TPSA) is 89.5 Å². The molecule has 1 amide bonds. The van der Waals surface area contributed by atoms with E-state index in [0.29, 0.717) is 29.1 Å². The molecule has 0 spiro atoms. The number of hydrogen-bond donors (Lipinski definition) is 3. The molecule has 3 N–H and O–H groups in total. The van der Waals surface area contributed by atoms with E-state index in [0.717, 1.165) is 22.3 Å². The third-order valence-electron chi connectivity index (χ3n) is 5.94. The number of fused-ring (bicyclic) bond motifs is 1. The Morgan fingerprint density at radius 2 is 1.78 bits per heavy atom. The highest BCUT2D eigenvalue weighted by molar-refractivity contribution is 6.00. The Bertz CT molecular complexity index is 1300. The number of phenolic OH excluding ortho intramolecular Hbond substituents is 2. The van der Waals surface area contributed by atoms with Gasteiger partial charge in [-0.1, -0.05) is 48.5 Å². The second kappa shape index (κ2) is 7.57. The minimum Gasteiger partial charge on any atom is -0.508 e. The highest BCUT2D eigenvalue weighted by Gasteiger charge is 2.42. The Morgan fingerprint density at radius 1 is 1.00 bits per heavy atom. The molecule has 1 aromatic heterocycles. The number of carbonyl (C=O) groups is 1. The lowest BCUT2D eigenvalue weighted by Gasteiger charge is -2.27. The number of aromatic hydroxyl groups is 2. The molecule has 0 aliphatic carbocycles. The molecule has 0 saturated heterocycles. The molecule has 1 unspecified atom stereocenters. The summed E-state index contributed by atoms with van der Waals surface area (Å²) >= 11 is 0. The number of amides is 1. The quantitative estimate of drug-likeness (QED) is 0.436. The van der Waals surface area contributed by atoms with Gasteiger partial charge in [-0.3, -0.25) is 9.89 Å². The molecule has 0 radical (unpaired) electrons. The summed E-state index contributed by atoms with van der Waals surface area (Å²) in [7, 11) is 0. The second-order valence-corrected chi connectivity index (χ2v) is 8.25. The number of aryl methyl sites for hydroxylation is 2. The first-order valence-electron chi connectivity index (χ1n) is 10.5. The fraction of sp³-hybridized carbons (Fsp3) is 0.154. The third kappa shape index (κ3) is 3.21. The fourth-order valence-electron chi connectivity index (χ4n) is 4.63. The summed E-state index contributed by atoms with van der Waals surface area (Å²) in [6, 6.07) is 19.9. The van der Waals surface area contributed by atoms with Crippen LogP contribution in [-0.2, 0) is 6.54 Å². The van der Waals surface area contributed by atoms with Gasteiger partial charge in [0, 0.05) is 17.7 Å². The molecule has 32 heavy (non-hydrogen) atoms. The Kier molecular flexibility index (Phi) is 4.70. The standard InChI is InChI=1S/C26H23N3O3/c1-15-11-16(2)21(20(31)12-15)23-22-24(28-27-23)26(32)29(14-17-7-4-3-5-8-17)25(22)18-9-6-10-19(30)13-18/h3-13,25,30-31H,14H2,1-2H3,(H,27,28). The second-order valence-electron chi connectivity index (χ2n) is 8.25. The van der Waals surface area contributed by atoms with Crippen molar-refractivity contribution in [2.24, 2.45) is 0 Å². The molecule has 1 atom stereocenters. The van der Waals surface area contributed by atoms with Gasteiger partial charge in [0.25, 0.3) is 5.91 Å². The molecule has 4 aromatic rings. The number of nitrogens with one attached hydrogen (secondary N) is 1. The molecule has 0 fully saturated rings. The monoisotopic (exact) mass is 425 g/mol. The van der Waals surface area contributed by atoms with Crippen molar-refractivity contribution in [3.63, 3.8) is 0 Å². The lowest BCUT2D eigenvalue weighted by atomic mass is 9.93. The minimum atomic E-state index is -0.460. The van der Waals surface area contributed by atoms with Gasteiger partial charge < -0.3 is 15.1 Å². The van der Waals surface area contributed by atoms with E-state index in [-0.39, 0.29) is 17.4 Å². The van der Waals surface area contributed by atoms with E-state index >= 15 is 0 Å². The normalized spacial score (nSPS) is 15.2. The molecule has 0 bridgehead atoms. The molecule has 1 aliphatic rings. The van der Waals surface area contributed by atoms with Crippen molar-refractivity contribution in [3.8, 4) is 22.8 Å². The van der Waals surface area contributed by atoms with Gasteiger partial charge in [-0.2, -0.15) is 5.10 Å². The first kappa shape index (κ1) is 19.9. The van der Waals surface area contributed by atoms with E-state index in [1.54, 1.807) is 29.2 Å². The predicted molar refractivity (Wildman–Crippen MR) is 121 cm³/mol. The first-order chi connectivity index (χ1) is 15.4. The number of phenols is 2. The molecule has 2 heterocycles. The van der Waals surface area contributed by atoms with Gasteiger partial charge in [0.1, 0.15) is 22.9 Å². The lowest BCUT2D eigenvalue weighted by Crippen LogP contribution is -2.29. The van der Waals surface area contributed by atoms with Gasteiger partial charge >= 0.3 is 0 Å². The van der Waals surface area contributed by atoms with Crippen LogP contribution in [0.2, 0.25) is 0 Å². The highest BCUT2D eigenvalue weighted by Crippen LogP contribution is 2.46. The van der Waals surface area contributed by atoms with Crippen molar-refractivity contribution in [1.29, 1.82) is 0 Å². The van der Waals surface area contributed by atoms with Crippen molar-refractivity contribution < 1.29 is 15.0 Å². The number of aromatic nitrogens is 2. The number of carbonyl (C=O) groups excluding carboxylic acids is 1. The average molecular weight is 425 g/mol. The number of H-pyrrole nitrogens is 1. The first-order valence-corrected chi connectivity index (χ1v) is 10.5. The Balaban J connectivity index is 1.70. The maximum atomic E-state index is 13.5. The van der Waals surface area contributed by atoms with Crippen LogP contribution < -0.4 is 0 Å². The Hall–Kier alpha value is -4.06. The molecular formula is C26H23N3O3. The van der Waals surface area contributed by atoms with Crippen molar-refractivity contribution in [2.75, 3.05) is 0 Å². The van der Waals surface area contributed by atoms with Crippen molar-refractivity contribution in [1.82, 2.24) is 15.1 Å². The van der Waals surface area contributed by atoms with Crippen LogP contribution in [0.5, 0.6) is 11.5 Å². The molecule has 5 rings (SSSR count). The summed E-state index contributed by atoms with van der Waals surface area (Å²) in [6.45, 7) is 4.25. The predicted octanol–water partition coefficient (Wildman–Crippen LogP) is 4.85. The van der Waals surface area contributed by atoms with Crippen molar-refractivity contribution >= 4 is 5.91 Å². The Labute approximate surface area is 185 Å². The van der Waals surface area contributed by atoms with Crippen LogP contribution in [0.1, 0.15) is 44.3 Å². The summed E-state index contributed by atoms with van der Waals surface area (Å²) < 4.78 is 0. The van der Waals surface area contributed by atoms with Gasteiger partial charge in [0.05, 0.1) is 6.04 Å². The summed E-state index contributed by atoms with van der Waals surface area (Å²) in [5.74, 6) is 0.0862. The number of aromatic amines is 1. The molecule has 1 aliphatic heterocycles. The number of benzene rings is 3. The van der Waals surface area contributed by atoms with Crippen LogP contribution in [0.3, 0.4) is 0 Å². The summed E-state index contributed by atoms with van der Waals surface area (Å²) in [4.78, 5) is 15.2. The molecule has 160 valence electrons. The third-order valence-corrected chi connectivity index (χ3v) is 5.94. The van der Waals surface area contributed by atoms with Crippen LogP contribution >= 0.6 is 0 Å². The molecule has 6 heteroatoms. The largest absolute Gasteiger partial charge is 0.508 e. The van der Waals surface area contributed by atoms with Crippen molar-refractivity contribution in [3.05, 3.63) is 100 Å². The smallest absolute Gasteiger partial charge is 0.273 e. The fourth-order valence-corrected chi connectivity index (χ4v) is 4.63. The Morgan fingerprint density at radius 3 is 2.50 bits per heavy atom. The maximum Gasteiger partial charge on any atom is 0.273 e. The number of nitrogens with zero attached hydrogens (tertiary/aromatic N) is 2. The SMILES string of the molecule is Cc1cc(C)c(-c2n[nH]c3c2C(c2cccc(O)c2)N(Cc2ccccc2)C3=O)c(O)c1. The number of rotatable bonds is 4. The van der Waals surface area contributed by atoms with Gasteiger partial charge in [0.15, 0.2) is 0 Å². The van der Waals surface area contributed by atoms with E-state index in [4.69, 9.17) is 0 Å². The van der Waals surface area contributed by atoms with Crippen molar-refractivity contribution in [2.45, 2.75) is 26.4 Å². The van der Waals surface area contributed by atoms with Gasteiger partial charge in [-0.25, -0.2) is 0 Å². The van der Waals surface area contributed by atoms with Crippen LogP contribution in [0.15, 0.2) is 66.7 Å². The van der Waals surface area contributed by atoms with Crippen LogP contribution in [0.4, 0.5) is 0 Å². The zero-order valence-corrected chi connectivity index (χ0v) is 17.8. The average Bonchev–Trinajstić information content (AvgIpc) is 3.28. The number of hydrogen-bond acceptors (Lipinski definition) is 4. The van der Waals surface area contributed by atoms with Crippen LogP contribution in [0, 0.1) is 13.8 Å². The van der Waals surface area contributed by atoms with E-state index in [9.17, 15) is 15.0 Å². The maximum absolute atomic E-state index is 13.5.